The van der Waals surface area contributed by atoms with Crippen LogP contribution in [-0.4, -0.2) is 35.7 Å². The van der Waals surface area contributed by atoms with Gasteiger partial charge in [-0.25, -0.2) is 0 Å². The number of rotatable bonds is 3. The molecule has 0 aromatic carbocycles. The van der Waals surface area contributed by atoms with Crippen molar-refractivity contribution in [2.45, 2.75) is 37.0 Å². The van der Waals surface area contributed by atoms with Crippen molar-refractivity contribution in [3.05, 3.63) is 0 Å². The highest BCUT2D eigenvalue weighted by molar-refractivity contribution is 6.12. The molecule has 1 heterocycles. The summed E-state index contributed by atoms with van der Waals surface area (Å²) in [4.78, 5) is 0. The molecule has 3 fully saturated rings. The minimum atomic E-state index is 0.451. The molecule has 1 aliphatic heterocycles. The van der Waals surface area contributed by atoms with Crippen LogP contribution in [0.5, 0.6) is 0 Å². The van der Waals surface area contributed by atoms with Crippen molar-refractivity contribution in [2.75, 3.05) is 13.2 Å². The Kier molecular flexibility index (Phi) is 2.00. The standard InChI is InChI=1S/C10H18O2Si/c13-10-3-6-1-8(10)9(2-6)12-5-7-4-11-7/h6-10H,1-5H2,13H3. The lowest BCUT2D eigenvalue weighted by molar-refractivity contribution is 0.00906. The van der Waals surface area contributed by atoms with Gasteiger partial charge in [0.05, 0.1) is 19.3 Å². The number of hydrogen-bond acceptors (Lipinski definition) is 2. The van der Waals surface area contributed by atoms with Crippen LogP contribution >= 0.6 is 0 Å². The minimum absolute atomic E-state index is 0.451. The van der Waals surface area contributed by atoms with Gasteiger partial charge in [0.25, 0.3) is 0 Å². The van der Waals surface area contributed by atoms with Crippen LogP contribution in [0.15, 0.2) is 0 Å². The van der Waals surface area contributed by atoms with Crippen LogP contribution < -0.4 is 0 Å². The third-order valence-electron chi connectivity index (χ3n) is 3.98. The van der Waals surface area contributed by atoms with E-state index in [0.717, 1.165) is 30.6 Å². The van der Waals surface area contributed by atoms with E-state index in [1.165, 1.54) is 29.5 Å². The second-order valence-electron chi connectivity index (χ2n) is 5.04. The van der Waals surface area contributed by atoms with Crippen molar-refractivity contribution in [2.24, 2.45) is 11.8 Å². The molecule has 13 heavy (non-hydrogen) atoms. The highest BCUT2D eigenvalue weighted by atomic mass is 28.1. The summed E-state index contributed by atoms with van der Waals surface area (Å²) >= 11 is 0. The van der Waals surface area contributed by atoms with Gasteiger partial charge in [0.2, 0.25) is 0 Å². The minimum Gasteiger partial charge on any atom is -0.375 e. The van der Waals surface area contributed by atoms with Gasteiger partial charge in [-0.3, -0.25) is 0 Å². The number of epoxide rings is 1. The van der Waals surface area contributed by atoms with E-state index in [2.05, 4.69) is 0 Å². The van der Waals surface area contributed by atoms with Crippen LogP contribution in [-0.2, 0) is 9.47 Å². The Hall–Kier alpha value is 0.137. The van der Waals surface area contributed by atoms with Crippen LogP contribution in [0, 0.1) is 11.8 Å². The van der Waals surface area contributed by atoms with Gasteiger partial charge < -0.3 is 9.47 Å². The molecule has 3 aliphatic rings. The van der Waals surface area contributed by atoms with Crippen LogP contribution in [0.3, 0.4) is 0 Å². The second kappa shape index (κ2) is 3.07. The Labute approximate surface area is 82.4 Å². The molecular formula is C10H18O2Si. The average molecular weight is 198 g/mol. The molecule has 0 aromatic rings. The molecule has 1 saturated heterocycles. The van der Waals surface area contributed by atoms with Gasteiger partial charge in [-0.05, 0) is 30.2 Å². The Balaban J connectivity index is 1.53. The Bertz CT molecular complexity index is 205. The van der Waals surface area contributed by atoms with Gasteiger partial charge in [0.15, 0.2) is 0 Å². The summed E-state index contributed by atoms with van der Waals surface area (Å²) in [6.07, 6.45) is 5.37. The van der Waals surface area contributed by atoms with Crippen molar-refractivity contribution < 1.29 is 9.47 Å². The first-order valence-corrected chi connectivity index (χ1v) is 6.71. The lowest BCUT2D eigenvalue weighted by Gasteiger charge is -2.26. The molecule has 3 heteroatoms. The fourth-order valence-electron chi connectivity index (χ4n) is 3.21. The molecule has 3 rings (SSSR count). The van der Waals surface area contributed by atoms with Gasteiger partial charge in [-0.15, -0.1) is 0 Å². The van der Waals surface area contributed by atoms with E-state index in [9.17, 15) is 0 Å². The van der Waals surface area contributed by atoms with E-state index in [1.54, 1.807) is 0 Å². The highest BCUT2D eigenvalue weighted by Crippen LogP contribution is 2.51. The molecule has 2 nitrogen and oxygen atoms in total. The SMILES string of the molecule is [SiH3]C1CC2CC(OCC3CO3)C1C2. The molecule has 2 bridgehead atoms. The van der Waals surface area contributed by atoms with E-state index in [1.807, 2.05) is 0 Å². The average Bonchev–Trinajstić information content (AvgIpc) is 2.76. The van der Waals surface area contributed by atoms with Crippen molar-refractivity contribution >= 4 is 10.2 Å². The molecule has 5 unspecified atom stereocenters. The highest BCUT2D eigenvalue weighted by Gasteiger charge is 2.45. The van der Waals surface area contributed by atoms with E-state index >= 15 is 0 Å². The normalized spacial score (nSPS) is 53.1. The number of ether oxygens (including phenoxy) is 2. The first-order chi connectivity index (χ1) is 6.33. The predicted octanol–water partition coefficient (Wildman–Crippen LogP) is 0.354. The molecule has 0 spiro atoms. The fourth-order valence-corrected chi connectivity index (χ4v) is 4.58. The molecule has 0 N–H and O–H groups in total. The monoisotopic (exact) mass is 198 g/mol. The summed E-state index contributed by atoms with van der Waals surface area (Å²) < 4.78 is 11.1. The zero-order valence-corrected chi connectivity index (χ0v) is 10.2. The third kappa shape index (κ3) is 1.58. The van der Waals surface area contributed by atoms with E-state index in [4.69, 9.17) is 9.47 Å². The van der Waals surface area contributed by atoms with Crippen LogP contribution in [0.25, 0.3) is 0 Å². The molecule has 2 aliphatic carbocycles. The molecule has 0 aromatic heterocycles. The molecule has 0 amide bonds. The van der Waals surface area contributed by atoms with Crippen molar-refractivity contribution in [1.82, 2.24) is 0 Å². The summed E-state index contributed by atoms with van der Waals surface area (Å²) in [5, 5.41) is 0. The zero-order valence-electron chi connectivity index (χ0n) is 8.24. The largest absolute Gasteiger partial charge is 0.375 e. The Morgan fingerprint density at radius 2 is 2.15 bits per heavy atom. The Morgan fingerprint density at radius 3 is 2.77 bits per heavy atom. The summed E-state index contributed by atoms with van der Waals surface area (Å²) in [5.74, 6) is 1.94. The summed E-state index contributed by atoms with van der Waals surface area (Å²) in [7, 11) is 1.37. The maximum absolute atomic E-state index is 5.93. The second-order valence-corrected chi connectivity index (χ2v) is 6.52. The predicted molar refractivity (Wildman–Crippen MR) is 54.0 cm³/mol. The first-order valence-electron chi connectivity index (χ1n) is 5.56. The van der Waals surface area contributed by atoms with Crippen molar-refractivity contribution in [1.29, 1.82) is 0 Å². The number of fused-ring (bicyclic) bond motifs is 2. The topological polar surface area (TPSA) is 21.8 Å². The van der Waals surface area contributed by atoms with Gasteiger partial charge in [0.1, 0.15) is 6.10 Å². The lowest BCUT2D eigenvalue weighted by Crippen LogP contribution is -2.26. The van der Waals surface area contributed by atoms with Gasteiger partial charge in [-0.2, -0.15) is 0 Å². The van der Waals surface area contributed by atoms with E-state index in [-0.39, 0.29) is 0 Å². The quantitative estimate of drug-likeness (QED) is 0.482. The van der Waals surface area contributed by atoms with E-state index < -0.39 is 0 Å². The molecule has 74 valence electrons. The summed E-state index contributed by atoms with van der Waals surface area (Å²) in [5.41, 5.74) is 1.05. The summed E-state index contributed by atoms with van der Waals surface area (Å²) in [6, 6.07) is 0. The van der Waals surface area contributed by atoms with Crippen molar-refractivity contribution in [3.8, 4) is 0 Å². The fraction of sp³-hybridized carbons (Fsp3) is 1.00. The lowest BCUT2D eigenvalue weighted by atomic mass is 9.97. The molecule has 2 saturated carbocycles. The maximum atomic E-state index is 5.93. The molecular weight excluding hydrogens is 180 g/mol. The smallest absolute Gasteiger partial charge is 0.104 e. The van der Waals surface area contributed by atoms with Crippen molar-refractivity contribution in [3.63, 3.8) is 0 Å². The van der Waals surface area contributed by atoms with Gasteiger partial charge in [0, 0.05) is 10.2 Å². The van der Waals surface area contributed by atoms with Gasteiger partial charge >= 0.3 is 0 Å². The van der Waals surface area contributed by atoms with Crippen LogP contribution in [0.1, 0.15) is 19.3 Å². The van der Waals surface area contributed by atoms with Crippen LogP contribution in [0.2, 0.25) is 5.54 Å². The third-order valence-corrected chi connectivity index (χ3v) is 5.31. The first kappa shape index (κ1) is 8.45. The zero-order chi connectivity index (χ0) is 8.84. The maximum Gasteiger partial charge on any atom is 0.104 e. The molecule has 0 radical (unpaired) electrons. The summed E-state index contributed by atoms with van der Waals surface area (Å²) in [6.45, 7) is 1.80. The Morgan fingerprint density at radius 1 is 1.31 bits per heavy atom. The van der Waals surface area contributed by atoms with Crippen LogP contribution in [0.4, 0.5) is 0 Å². The van der Waals surface area contributed by atoms with E-state index in [0.29, 0.717) is 12.2 Å². The molecule has 5 atom stereocenters. The van der Waals surface area contributed by atoms with Gasteiger partial charge in [-0.1, -0.05) is 6.42 Å². The number of hydrogen-bond donors (Lipinski definition) is 0.